The predicted molar refractivity (Wildman–Crippen MR) is 110 cm³/mol. The molecule has 0 aliphatic rings. The van der Waals surface area contributed by atoms with Crippen molar-refractivity contribution in [1.29, 1.82) is 0 Å². The number of aromatic nitrogens is 4. The van der Waals surface area contributed by atoms with Crippen molar-refractivity contribution in [3.05, 3.63) is 60.4 Å². The van der Waals surface area contributed by atoms with Gasteiger partial charge in [-0.2, -0.15) is 0 Å². The van der Waals surface area contributed by atoms with E-state index in [-0.39, 0.29) is 0 Å². The first-order valence-corrected chi connectivity index (χ1v) is 8.79. The highest BCUT2D eigenvalue weighted by Crippen LogP contribution is 2.31. The Bertz CT molecular complexity index is 1160. The molecule has 3 aromatic heterocycles. The molecule has 0 amide bonds. The summed E-state index contributed by atoms with van der Waals surface area (Å²) in [7, 11) is 3.22. The van der Waals surface area contributed by atoms with Gasteiger partial charge in [0.15, 0.2) is 23.0 Å². The third-order valence-corrected chi connectivity index (χ3v) is 4.57. The second kappa shape index (κ2) is 7.11. The summed E-state index contributed by atoms with van der Waals surface area (Å²) < 4.78 is 12.5. The summed E-state index contributed by atoms with van der Waals surface area (Å²) in [5.74, 6) is 2.01. The number of aromatic amines is 1. The van der Waals surface area contributed by atoms with Crippen molar-refractivity contribution < 1.29 is 9.47 Å². The van der Waals surface area contributed by atoms with Crippen LogP contribution in [0, 0.1) is 6.92 Å². The lowest BCUT2D eigenvalue weighted by molar-refractivity contribution is 0.355. The van der Waals surface area contributed by atoms with Crippen LogP contribution in [0.25, 0.3) is 23.1 Å². The van der Waals surface area contributed by atoms with E-state index < -0.39 is 0 Å². The Morgan fingerprint density at radius 1 is 1.11 bits per heavy atom. The molecule has 0 aliphatic carbocycles. The van der Waals surface area contributed by atoms with E-state index in [9.17, 15) is 0 Å². The largest absolute Gasteiger partial charge is 0.493 e. The number of ether oxygens (including phenoxy) is 2. The molecule has 4 aromatic rings. The van der Waals surface area contributed by atoms with E-state index in [0.717, 1.165) is 34.0 Å². The van der Waals surface area contributed by atoms with Crippen molar-refractivity contribution >= 4 is 23.2 Å². The third-order valence-electron chi connectivity index (χ3n) is 4.57. The molecule has 0 atom stereocenters. The number of fused-ring (bicyclic) bond motifs is 1. The van der Waals surface area contributed by atoms with Crippen LogP contribution in [0.15, 0.2) is 49.2 Å². The number of anilines is 2. The third kappa shape index (κ3) is 3.07. The van der Waals surface area contributed by atoms with Crippen LogP contribution in [-0.2, 0) is 0 Å². The van der Waals surface area contributed by atoms with Gasteiger partial charge in [-0.25, -0.2) is 9.50 Å². The van der Waals surface area contributed by atoms with E-state index in [1.807, 2.05) is 49.4 Å². The van der Waals surface area contributed by atoms with E-state index in [4.69, 9.17) is 14.6 Å². The average Bonchev–Trinajstić information content (AvgIpc) is 3.30. The summed E-state index contributed by atoms with van der Waals surface area (Å²) in [6, 6.07) is 11.5. The number of methoxy groups -OCH3 is 2. The first kappa shape index (κ1) is 17.7. The normalized spacial score (nSPS) is 10.8. The van der Waals surface area contributed by atoms with Gasteiger partial charge in [-0.05, 0) is 42.8 Å². The number of rotatable bonds is 6. The van der Waals surface area contributed by atoms with Crippen LogP contribution in [0.3, 0.4) is 0 Å². The monoisotopic (exact) mass is 375 g/mol. The number of hydrogen-bond donors (Lipinski definition) is 2. The lowest BCUT2D eigenvalue weighted by Crippen LogP contribution is -2.01. The molecule has 1 aromatic carbocycles. The van der Waals surface area contributed by atoms with E-state index in [1.165, 1.54) is 0 Å². The van der Waals surface area contributed by atoms with Crippen molar-refractivity contribution in [2.45, 2.75) is 6.92 Å². The van der Waals surface area contributed by atoms with Gasteiger partial charge < -0.3 is 19.8 Å². The van der Waals surface area contributed by atoms with Gasteiger partial charge >= 0.3 is 0 Å². The predicted octanol–water partition coefficient (Wildman–Crippen LogP) is 4.44. The quantitative estimate of drug-likeness (QED) is 0.521. The van der Waals surface area contributed by atoms with Crippen LogP contribution in [0.4, 0.5) is 11.5 Å². The fourth-order valence-electron chi connectivity index (χ4n) is 3.11. The lowest BCUT2D eigenvalue weighted by atomic mass is 10.2. The number of nitrogens with one attached hydrogen (secondary N) is 2. The molecule has 0 radical (unpaired) electrons. The summed E-state index contributed by atoms with van der Waals surface area (Å²) >= 11 is 0. The summed E-state index contributed by atoms with van der Waals surface area (Å²) in [5.41, 5.74) is 5.54. The van der Waals surface area contributed by atoms with Crippen LogP contribution >= 0.6 is 0 Å². The van der Waals surface area contributed by atoms with E-state index >= 15 is 0 Å². The topological polar surface area (TPSA) is 76.5 Å². The zero-order valence-corrected chi connectivity index (χ0v) is 16.0. The number of H-pyrrole nitrogens is 1. The standard InChI is InChI=1S/C21H21N5O2/c1-5-14-10-16(23-13(14)2)17-12-22-21-9-8-20(25-26(17)21)24-15-6-7-18(27-3)19(11-15)28-4/h5-12,23H,1H2,2-4H3,(H,24,25). The zero-order chi connectivity index (χ0) is 19.7. The molecule has 0 saturated heterocycles. The van der Waals surface area contributed by atoms with Crippen LogP contribution in [0.1, 0.15) is 11.3 Å². The lowest BCUT2D eigenvalue weighted by Gasteiger charge is -2.11. The van der Waals surface area contributed by atoms with E-state index in [2.05, 4.69) is 21.9 Å². The Labute approximate surface area is 162 Å². The molecular formula is C21H21N5O2. The highest BCUT2D eigenvalue weighted by atomic mass is 16.5. The van der Waals surface area contributed by atoms with Crippen LogP contribution in [-0.4, -0.2) is 33.8 Å². The van der Waals surface area contributed by atoms with Crippen molar-refractivity contribution in [3.63, 3.8) is 0 Å². The number of imidazole rings is 1. The smallest absolute Gasteiger partial charge is 0.162 e. The van der Waals surface area contributed by atoms with Gasteiger partial charge in [0, 0.05) is 17.4 Å². The molecule has 0 aliphatic heterocycles. The minimum absolute atomic E-state index is 0.649. The molecule has 0 fully saturated rings. The number of hydrogen-bond acceptors (Lipinski definition) is 5. The average molecular weight is 375 g/mol. The molecule has 2 N–H and O–H groups in total. The fraction of sp³-hybridized carbons (Fsp3) is 0.143. The minimum atomic E-state index is 0.649. The van der Waals surface area contributed by atoms with Crippen LogP contribution < -0.4 is 14.8 Å². The van der Waals surface area contributed by atoms with E-state index in [1.54, 1.807) is 24.9 Å². The first-order valence-electron chi connectivity index (χ1n) is 8.79. The molecule has 4 rings (SSSR count). The minimum Gasteiger partial charge on any atom is -0.493 e. The second-order valence-corrected chi connectivity index (χ2v) is 6.29. The highest BCUT2D eigenvalue weighted by molar-refractivity contribution is 5.67. The Balaban J connectivity index is 1.70. The van der Waals surface area contributed by atoms with Gasteiger partial charge in [0.25, 0.3) is 0 Å². The Kier molecular flexibility index (Phi) is 4.49. The van der Waals surface area contributed by atoms with Crippen molar-refractivity contribution in [2.24, 2.45) is 0 Å². The van der Waals surface area contributed by atoms with Crippen LogP contribution in [0.5, 0.6) is 11.5 Å². The number of aryl methyl sites for hydroxylation is 1. The first-order chi connectivity index (χ1) is 13.6. The molecule has 7 heteroatoms. The fourth-order valence-corrected chi connectivity index (χ4v) is 3.11. The molecule has 28 heavy (non-hydrogen) atoms. The maximum absolute atomic E-state index is 5.36. The molecule has 0 saturated carbocycles. The number of benzene rings is 1. The van der Waals surface area contributed by atoms with Crippen molar-refractivity contribution in [2.75, 3.05) is 19.5 Å². The zero-order valence-electron chi connectivity index (χ0n) is 16.0. The highest BCUT2D eigenvalue weighted by Gasteiger charge is 2.12. The second-order valence-electron chi connectivity index (χ2n) is 6.29. The molecule has 142 valence electrons. The molecule has 7 nitrogen and oxygen atoms in total. The van der Waals surface area contributed by atoms with Gasteiger partial charge in [0.2, 0.25) is 0 Å². The Morgan fingerprint density at radius 2 is 1.93 bits per heavy atom. The molecular weight excluding hydrogens is 354 g/mol. The van der Waals surface area contributed by atoms with Gasteiger partial charge in [0.1, 0.15) is 5.69 Å². The summed E-state index contributed by atoms with van der Waals surface area (Å²) in [4.78, 5) is 7.81. The van der Waals surface area contributed by atoms with E-state index in [0.29, 0.717) is 17.3 Å². The van der Waals surface area contributed by atoms with Crippen molar-refractivity contribution in [3.8, 4) is 22.9 Å². The SMILES string of the molecule is C=Cc1cc(-c2cnc3ccc(Nc4ccc(OC)c(OC)c4)nn23)[nH]c1C. The van der Waals surface area contributed by atoms with Crippen LogP contribution in [0.2, 0.25) is 0 Å². The summed E-state index contributed by atoms with van der Waals surface area (Å²) in [5, 5.41) is 7.99. The summed E-state index contributed by atoms with van der Waals surface area (Å²) in [6.07, 6.45) is 3.64. The van der Waals surface area contributed by atoms with Gasteiger partial charge in [0.05, 0.1) is 26.1 Å². The molecule has 3 heterocycles. The maximum atomic E-state index is 5.36. The summed E-state index contributed by atoms with van der Waals surface area (Å²) in [6.45, 7) is 5.86. The van der Waals surface area contributed by atoms with Gasteiger partial charge in [-0.15, -0.1) is 5.10 Å². The number of nitrogens with zero attached hydrogens (tertiary/aromatic N) is 3. The van der Waals surface area contributed by atoms with Gasteiger partial charge in [-0.1, -0.05) is 12.7 Å². The molecule has 0 spiro atoms. The van der Waals surface area contributed by atoms with Crippen molar-refractivity contribution in [1.82, 2.24) is 19.6 Å². The Hall–Kier alpha value is -3.74. The Morgan fingerprint density at radius 3 is 2.64 bits per heavy atom. The maximum Gasteiger partial charge on any atom is 0.162 e. The molecule has 0 unspecified atom stereocenters. The molecule has 0 bridgehead atoms. The van der Waals surface area contributed by atoms with Gasteiger partial charge in [-0.3, -0.25) is 0 Å².